The fraction of sp³-hybridized carbons (Fsp3) is 0.462. The predicted molar refractivity (Wildman–Crippen MR) is 69.7 cm³/mol. The van der Waals surface area contributed by atoms with Crippen LogP contribution >= 0.6 is 11.3 Å². The van der Waals surface area contributed by atoms with Gasteiger partial charge in [0.25, 0.3) is 0 Å². The van der Waals surface area contributed by atoms with E-state index >= 15 is 0 Å². The molecule has 1 aliphatic rings. The average Bonchev–Trinajstić information content (AvgIpc) is 3.05. The Labute approximate surface area is 105 Å². The van der Waals surface area contributed by atoms with Crippen LogP contribution in [0.1, 0.15) is 24.6 Å². The predicted octanol–water partition coefficient (Wildman–Crippen LogP) is 2.04. The summed E-state index contributed by atoms with van der Waals surface area (Å²) in [5.41, 5.74) is -0.461. The van der Waals surface area contributed by atoms with E-state index in [4.69, 9.17) is 0 Å². The standard InChI is InChI=1S/C13H17NO2S/c1-13(9-15,10-4-5-10)14-12(16)7-6-11-3-2-8-17-11/h2-3,6-8,10,15H,4-5,9H2,1H3,(H,14,16)/b7-6+. The Balaban J connectivity index is 1.92. The maximum absolute atomic E-state index is 11.7. The van der Waals surface area contributed by atoms with Crippen molar-refractivity contribution in [3.05, 3.63) is 28.5 Å². The molecule has 0 aliphatic heterocycles. The van der Waals surface area contributed by atoms with Gasteiger partial charge in [-0.15, -0.1) is 11.3 Å². The van der Waals surface area contributed by atoms with Gasteiger partial charge in [0.15, 0.2) is 0 Å². The van der Waals surface area contributed by atoms with Gasteiger partial charge in [-0.25, -0.2) is 0 Å². The van der Waals surface area contributed by atoms with Gasteiger partial charge in [0.05, 0.1) is 12.1 Å². The van der Waals surface area contributed by atoms with Crippen LogP contribution in [-0.2, 0) is 4.79 Å². The fourth-order valence-corrected chi connectivity index (χ4v) is 2.48. The summed E-state index contributed by atoms with van der Waals surface area (Å²) in [6.07, 6.45) is 5.50. The van der Waals surface area contributed by atoms with Crippen molar-refractivity contribution in [1.29, 1.82) is 0 Å². The average molecular weight is 251 g/mol. The second-order valence-corrected chi connectivity index (χ2v) is 5.67. The summed E-state index contributed by atoms with van der Waals surface area (Å²) in [5.74, 6) is 0.286. The number of aliphatic hydroxyl groups is 1. The number of carbonyl (C=O) groups excluding carboxylic acids is 1. The monoisotopic (exact) mass is 251 g/mol. The smallest absolute Gasteiger partial charge is 0.244 e. The molecule has 1 unspecified atom stereocenters. The van der Waals surface area contributed by atoms with Gasteiger partial charge in [0.1, 0.15) is 0 Å². The Morgan fingerprint density at radius 3 is 3.00 bits per heavy atom. The van der Waals surface area contributed by atoms with E-state index in [0.29, 0.717) is 5.92 Å². The van der Waals surface area contributed by atoms with Crippen LogP contribution in [0.3, 0.4) is 0 Å². The Hall–Kier alpha value is -1.13. The van der Waals surface area contributed by atoms with Crippen molar-refractivity contribution in [3.8, 4) is 0 Å². The first kappa shape index (κ1) is 12.3. The van der Waals surface area contributed by atoms with E-state index < -0.39 is 5.54 Å². The molecule has 1 aromatic heterocycles. The quantitative estimate of drug-likeness (QED) is 0.787. The molecule has 1 saturated carbocycles. The maximum atomic E-state index is 11.7. The molecule has 1 heterocycles. The molecular weight excluding hydrogens is 234 g/mol. The lowest BCUT2D eigenvalue weighted by atomic mass is 9.97. The highest BCUT2D eigenvalue weighted by molar-refractivity contribution is 7.10. The lowest BCUT2D eigenvalue weighted by Gasteiger charge is -2.28. The van der Waals surface area contributed by atoms with Gasteiger partial charge >= 0.3 is 0 Å². The van der Waals surface area contributed by atoms with Crippen molar-refractivity contribution in [2.45, 2.75) is 25.3 Å². The van der Waals surface area contributed by atoms with E-state index in [1.165, 1.54) is 6.08 Å². The summed E-state index contributed by atoms with van der Waals surface area (Å²) in [6, 6.07) is 3.91. The molecule has 0 saturated heterocycles. The first-order valence-electron chi connectivity index (χ1n) is 5.78. The Morgan fingerprint density at radius 2 is 2.47 bits per heavy atom. The van der Waals surface area contributed by atoms with Crippen LogP contribution in [0.5, 0.6) is 0 Å². The maximum Gasteiger partial charge on any atom is 0.244 e. The van der Waals surface area contributed by atoms with Crippen LogP contribution in [0.15, 0.2) is 23.6 Å². The molecule has 4 heteroatoms. The molecule has 1 atom stereocenters. The van der Waals surface area contributed by atoms with Crippen molar-refractivity contribution in [2.24, 2.45) is 5.92 Å². The van der Waals surface area contributed by atoms with Crippen LogP contribution < -0.4 is 5.32 Å². The van der Waals surface area contributed by atoms with Gasteiger partial charge < -0.3 is 10.4 Å². The van der Waals surface area contributed by atoms with E-state index in [1.807, 2.05) is 24.4 Å². The van der Waals surface area contributed by atoms with E-state index in [-0.39, 0.29) is 12.5 Å². The lowest BCUT2D eigenvalue weighted by Crippen LogP contribution is -2.50. The number of aliphatic hydroxyl groups excluding tert-OH is 1. The van der Waals surface area contributed by atoms with Crippen LogP contribution in [0.25, 0.3) is 6.08 Å². The second-order valence-electron chi connectivity index (χ2n) is 4.69. The Bertz CT molecular complexity index is 409. The highest BCUT2D eigenvalue weighted by Crippen LogP contribution is 2.39. The van der Waals surface area contributed by atoms with Gasteiger partial charge in [-0.3, -0.25) is 4.79 Å². The minimum atomic E-state index is -0.461. The first-order valence-corrected chi connectivity index (χ1v) is 6.66. The van der Waals surface area contributed by atoms with Crippen LogP contribution in [0.4, 0.5) is 0 Å². The number of rotatable bonds is 5. The van der Waals surface area contributed by atoms with Crippen LogP contribution in [0, 0.1) is 5.92 Å². The van der Waals surface area contributed by atoms with Gasteiger partial charge in [0.2, 0.25) is 5.91 Å². The zero-order valence-electron chi connectivity index (χ0n) is 9.85. The highest BCUT2D eigenvalue weighted by Gasteiger charge is 2.41. The number of hydrogen-bond donors (Lipinski definition) is 2. The number of carbonyl (C=O) groups is 1. The molecule has 2 N–H and O–H groups in total. The molecule has 0 aromatic carbocycles. The third-order valence-electron chi connectivity index (χ3n) is 3.16. The van der Waals surface area contributed by atoms with E-state index in [2.05, 4.69) is 5.32 Å². The van der Waals surface area contributed by atoms with Gasteiger partial charge in [-0.05, 0) is 43.2 Å². The largest absolute Gasteiger partial charge is 0.394 e. The second kappa shape index (κ2) is 5.02. The van der Waals surface area contributed by atoms with Crippen molar-refractivity contribution < 1.29 is 9.90 Å². The zero-order chi connectivity index (χ0) is 12.3. The third-order valence-corrected chi connectivity index (χ3v) is 4.00. The summed E-state index contributed by atoms with van der Waals surface area (Å²) in [4.78, 5) is 12.8. The molecule has 1 amide bonds. The molecule has 2 rings (SSSR count). The van der Waals surface area contributed by atoms with Crippen LogP contribution in [-0.4, -0.2) is 23.2 Å². The summed E-state index contributed by atoms with van der Waals surface area (Å²) < 4.78 is 0. The Kier molecular flexibility index (Phi) is 3.64. The minimum Gasteiger partial charge on any atom is -0.394 e. The lowest BCUT2D eigenvalue weighted by molar-refractivity contribution is -0.119. The molecule has 1 aliphatic carbocycles. The van der Waals surface area contributed by atoms with Crippen LogP contribution in [0.2, 0.25) is 0 Å². The number of nitrogens with one attached hydrogen (secondary N) is 1. The first-order chi connectivity index (χ1) is 8.14. The number of thiophene rings is 1. The van der Waals surface area contributed by atoms with Gasteiger partial charge in [-0.1, -0.05) is 6.07 Å². The molecule has 17 heavy (non-hydrogen) atoms. The summed E-state index contributed by atoms with van der Waals surface area (Å²) in [5, 5.41) is 14.2. The van der Waals surface area contributed by atoms with Gasteiger partial charge in [0, 0.05) is 11.0 Å². The molecule has 1 fully saturated rings. The minimum absolute atomic E-state index is 0.00372. The zero-order valence-corrected chi connectivity index (χ0v) is 10.7. The third kappa shape index (κ3) is 3.17. The summed E-state index contributed by atoms with van der Waals surface area (Å²) in [6.45, 7) is 1.90. The molecular formula is C13H17NO2S. The van der Waals surface area contributed by atoms with Crippen molar-refractivity contribution in [3.63, 3.8) is 0 Å². The molecule has 0 bridgehead atoms. The molecule has 0 spiro atoms. The summed E-state index contributed by atoms with van der Waals surface area (Å²) in [7, 11) is 0. The Morgan fingerprint density at radius 1 is 1.71 bits per heavy atom. The molecule has 3 nitrogen and oxygen atoms in total. The molecule has 0 radical (unpaired) electrons. The van der Waals surface area contributed by atoms with Crippen molar-refractivity contribution in [2.75, 3.05) is 6.61 Å². The molecule has 92 valence electrons. The number of hydrogen-bond acceptors (Lipinski definition) is 3. The van der Waals surface area contributed by atoms with Crippen molar-refractivity contribution >= 4 is 23.3 Å². The summed E-state index contributed by atoms with van der Waals surface area (Å²) >= 11 is 1.59. The topological polar surface area (TPSA) is 49.3 Å². The normalized spacial score (nSPS) is 19.2. The van der Waals surface area contributed by atoms with E-state index in [9.17, 15) is 9.90 Å². The van der Waals surface area contributed by atoms with Crippen molar-refractivity contribution in [1.82, 2.24) is 5.32 Å². The highest BCUT2D eigenvalue weighted by atomic mass is 32.1. The fourth-order valence-electron chi connectivity index (χ4n) is 1.86. The van der Waals surface area contributed by atoms with Gasteiger partial charge in [-0.2, -0.15) is 0 Å². The number of amides is 1. The van der Waals surface area contributed by atoms with E-state index in [1.54, 1.807) is 17.4 Å². The van der Waals surface area contributed by atoms with E-state index in [0.717, 1.165) is 17.7 Å². The SMILES string of the molecule is CC(CO)(NC(=O)/C=C/c1cccs1)C1CC1. The molecule has 1 aromatic rings.